The summed E-state index contributed by atoms with van der Waals surface area (Å²) in [6, 6.07) is 0. The first-order valence-corrected chi connectivity index (χ1v) is 10.1. The van der Waals surface area contributed by atoms with Gasteiger partial charge < -0.3 is 4.90 Å². The van der Waals surface area contributed by atoms with Gasteiger partial charge in [0.15, 0.2) is 5.65 Å². The number of nitrogens with one attached hydrogen (secondary N) is 1. The Hall–Kier alpha value is -2.84. The van der Waals surface area contributed by atoms with Gasteiger partial charge in [0.05, 0.1) is 19.2 Å². The summed E-state index contributed by atoms with van der Waals surface area (Å²) in [5, 5.41) is 6.68. The minimum Gasteiger partial charge on any atom is -0.338 e. The molecule has 0 saturated carbocycles. The van der Waals surface area contributed by atoms with E-state index in [1.807, 2.05) is 4.90 Å². The largest absolute Gasteiger partial charge is 0.338 e. The average molecular weight is 400 g/mol. The van der Waals surface area contributed by atoms with Gasteiger partial charge in [-0.15, -0.1) is 0 Å². The van der Waals surface area contributed by atoms with E-state index in [0.717, 1.165) is 12.8 Å². The fraction of sp³-hybridized carbons (Fsp3) is 0.550. The molecule has 0 bridgehead atoms. The van der Waals surface area contributed by atoms with Crippen molar-refractivity contribution >= 4 is 29.5 Å². The van der Waals surface area contributed by atoms with Crippen LogP contribution in [0.1, 0.15) is 50.9 Å². The van der Waals surface area contributed by atoms with Gasteiger partial charge >= 0.3 is 0 Å². The molecule has 4 heterocycles. The standard InChI is InChI=1S/C20H25FN6O2/c1-3-4-12(2)7-16-23-18-14(8-13-9-17(28)25-19(13)29)10-22-27(18)20(24-16)26-6-5-15(21)11-26/h8,10,12,15H,3-7,9,11H2,1-2H3,(H,25,28,29). The van der Waals surface area contributed by atoms with Crippen molar-refractivity contribution in [3.8, 4) is 0 Å². The predicted octanol–water partition coefficient (Wildman–Crippen LogP) is 2.08. The second-order valence-electron chi connectivity index (χ2n) is 7.93. The van der Waals surface area contributed by atoms with Crippen molar-refractivity contribution in [2.24, 2.45) is 5.92 Å². The first-order valence-electron chi connectivity index (χ1n) is 10.1. The summed E-state index contributed by atoms with van der Waals surface area (Å²) in [6.07, 6.45) is 5.76. The van der Waals surface area contributed by atoms with E-state index in [1.165, 1.54) is 0 Å². The highest BCUT2D eigenvalue weighted by atomic mass is 19.1. The summed E-state index contributed by atoms with van der Waals surface area (Å²) in [5.41, 5.74) is 1.60. The number of carbonyl (C=O) groups is 2. The molecule has 2 aromatic heterocycles. The number of anilines is 1. The van der Waals surface area contributed by atoms with Crippen LogP contribution in [0.5, 0.6) is 0 Å². The predicted molar refractivity (Wildman–Crippen MR) is 106 cm³/mol. The van der Waals surface area contributed by atoms with Gasteiger partial charge in [-0.3, -0.25) is 14.9 Å². The number of carbonyl (C=O) groups excluding carboxylic acids is 2. The maximum absolute atomic E-state index is 13.8. The highest BCUT2D eigenvalue weighted by Gasteiger charge is 2.28. The van der Waals surface area contributed by atoms with E-state index in [9.17, 15) is 14.0 Å². The van der Waals surface area contributed by atoms with Crippen molar-refractivity contribution in [3.63, 3.8) is 0 Å². The summed E-state index contributed by atoms with van der Waals surface area (Å²) in [7, 11) is 0. The van der Waals surface area contributed by atoms with Crippen LogP contribution < -0.4 is 10.2 Å². The van der Waals surface area contributed by atoms with Crippen LogP contribution in [0.2, 0.25) is 0 Å². The molecule has 2 atom stereocenters. The Kier molecular flexibility index (Phi) is 5.29. The fourth-order valence-electron chi connectivity index (χ4n) is 3.94. The van der Waals surface area contributed by atoms with Crippen LogP contribution in [-0.4, -0.2) is 50.7 Å². The number of hydrogen-bond donors (Lipinski definition) is 1. The number of imide groups is 1. The number of amides is 2. The lowest BCUT2D eigenvalue weighted by Gasteiger charge is -2.18. The van der Waals surface area contributed by atoms with Gasteiger partial charge in [-0.05, 0) is 18.4 Å². The number of nitrogens with zero attached hydrogens (tertiary/aromatic N) is 5. The van der Waals surface area contributed by atoms with Gasteiger partial charge in [-0.2, -0.15) is 14.6 Å². The lowest BCUT2D eigenvalue weighted by molar-refractivity contribution is -0.124. The Labute approximate surface area is 168 Å². The van der Waals surface area contributed by atoms with Crippen molar-refractivity contribution in [3.05, 3.63) is 23.2 Å². The van der Waals surface area contributed by atoms with Gasteiger partial charge in [0, 0.05) is 24.1 Å². The van der Waals surface area contributed by atoms with E-state index in [-0.39, 0.29) is 24.8 Å². The quantitative estimate of drug-likeness (QED) is 0.590. The van der Waals surface area contributed by atoms with Crippen LogP contribution in [0.4, 0.5) is 10.3 Å². The third-order valence-corrected chi connectivity index (χ3v) is 5.38. The van der Waals surface area contributed by atoms with Crippen LogP contribution in [0, 0.1) is 5.92 Å². The number of hydrogen-bond acceptors (Lipinski definition) is 6. The molecule has 154 valence electrons. The SMILES string of the molecule is CCCC(C)Cc1nc(N2CCC(F)C2)n2ncc(C=C3CC(=O)NC3=O)c2n1. The summed E-state index contributed by atoms with van der Waals surface area (Å²) < 4.78 is 15.4. The van der Waals surface area contributed by atoms with Crippen LogP contribution in [0.15, 0.2) is 11.8 Å². The van der Waals surface area contributed by atoms with Crippen molar-refractivity contribution < 1.29 is 14.0 Å². The lowest BCUT2D eigenvalue weighted by atomic mass is 10.0. The van der Waals surface area contributed by atoms with Crippen molar-refractivity contribution in [2.75, 3.05) is 18.0 Å². The zero-order valence-electron chi connectivity index (χ0n) is 16.7. The molecule has 0 radical (unpaired) electrons. The summed E-state index contributed by atoms with van der Waals surface area (Å²) in [4.78, 5) is 34.7. The van der Waals surface area contributed by atoms with Crippen LogP contribution in [0.3, 0.4) is 0 Å². The zero-order chi connectivity index (χ0) is 20.5. The molecule has 2 aromatic rings. The van der Waals surface area contributed by atoms with Crippen LogP contribution in [-0.2, 0) is 16.0 Å². The third-order valence-electron chi connectivity index (χ3n) is 5.38. The fourth-order valence-corrected chi connectivity index (χ4v) is 3.94. The number of fused-ring (bicyclic) bond motifs is 1. The van der Waals surface area contributed by atoms with E-state index < -0.39 is 6.17 Å². The zero-order valence-corrected chi connectivity index (χ0v) is 16.7. The van der Waals surface area contributed by atoms with Crippen molar-refractivity contribution in [1.29, 1.82) is 0 Å². The second kappa shape index (κ2) is 7.88. The summed E-state index contributed by atoms with van der Waals surface area (Å²) >= 11 is 0. The van der Waals surface area contributed by atoms with E-state index in [4.69, 9.17) is 9.97 Å². The average Bonchev–Trinajstić information content (AvgIpc) is 3.35. The number of aromatic nitrogens is 4. The second-order valence-corrected chi connectivity index (χ2v) is 7.93. The van der Waals surface area contributed by atoms with E-state index in [1.54, 1.807) is 16.8 Å². The topological polar surface area (TPSA) is 92.5 Å². The lowest BCUT2D eigenvalue weighted by Crippen LogP contribution is -2.25. The molecule has 0 aliphatic carbocycles. The van der Waals surface area contributed by atoms with E-state index in [0.29, 0.717) is 53.9 Å². The molecule has 0 aromatic carbocycles. The molecule has 2 saturated heterocycles. The van der Waals surface area contributed by atoms with Crippen molar-refractivity contribution in [2.45, 2.75) is 52.1 Å². The molecular weight excluding hydrogens is 375 g/mol. The maximum atomic E-state index is 13.8. The molecule has 2 unspecified atom stereocenters. The third kappa shape index (κ3) is 3.99. The molecule has 0 spiro atoms. The highest BCUT2D eigenvalue weighted by molar-refractivity contribution is 6.15. The maximum Gasteiger partial charge on any atom is 0.254 e. The molecule has 2 amide bonds. The van der Waals surface area contributed by atoms with E-state index in [2.05, 4.69) is 24.3 Å². The van der Waals surface area contributed by atoms with Crippen molar-refractivity contribution in [1.82, 2.24) is 24.9 Å². The molecule has 2 aliphatic rings. The molecule has 2 fully saturated rings. The van der Waals surface area contributed by atoms with Crippen LogP contribution in [0.25, 0.3) is 11.7 Å². The molecule has 29 heavy (non-hydrogen) atoms. The van der Waals surface area contributed by atoms with Gasteiger partial charge in [0.25, 0.3) is 5.91 Å². The molecule has 1 N–H and O–H groups in total. The Morgan fingerprint density at radius 2 is 2.21 bits per heavy atom. The summed E-state index contributed by atoms with van der Waals surface area (Å²) in [5.74, 6) is 0.979. The minimum atomic E-state index is -0.882. The molecular formula is C20H25FN6O2. The van der Waals surface area contributed by atoms with Gasteiger partial charge in [-0.25, -0.2) is 9.37 Å². The Bertz CT molecular complexity index is 985. The first-order chi connectivity index (χ1) is 13.9. The molecule has 2 aliphatic heterocycles. The van der Waals surface area contributed by atoms with Crippen LogP contribution >= 0.6 is 0 Å². The molecule has 4 rings (SSSR count). The first kappa shape index (κ1) is 19.5. The number of halogens is 1. The minimum absolute atomic E-state index is 0.0458. The Balaban J connectivity index is 1.77. The number of alkyl halides is 1. The normalized spacial score (nSPS) is 22.1. The Morgan fingerprint density at radius 3 is 2.86 bits per heavy atom. The summed E-state index contributed by atoms with van der Waals surface area (Å²) in [6.45, 7) is 5.17. The Morgan fingerprint density at radius 1 is 1.38 bits per heavy atom. The molecule has 9 heteroatoms. The van der Waals surface area contributed by atoms with E-state index >= 15 is 0 Å². The van der Waals surface area contributed by atoms with Gasteiger partial charge in [0.1, 0.15) is 12.0 Å². The highest BCUT2D eigenvalue weighted by Crippen LogP contribution is 2.25. The molecule has 8 nitrogen and oxygen atoms in total. The van der Waals surface area contributed by atoms with Gasteiger partial charge in [0.2, 0.25) is 11.9 Å². The number of rotatable bonds is 6. The smallest absolute Gasteiger partial charge is 0.254 e. The van der Waals surface area contributed by atoms with Gasteiger partial charge in [-0.1, -0.05) is 26.7 Å². The monoisotopic (exact) mass is 400 g/mol.